The van der Waals surface area contributed by atoms with Gasteiger partial charge in [-0.15, -0.1) is 0 Å². The first-order valence-corrected chi connectivity index (χ1v) is 6.00. The van der Waals surface area contributed by atoms with Gasteiger partial charge in [-0.1, -0.05) is 35.0 Å². The Morgan fingerprint density at radius 2 is 1.93 bits per heavy atom. The van der Waals surface area contributed by atoms with E-state index in [4.69, 9.17) is 0 Å². The molecule has 0 radical (unpaired) electrons. The van der Waals surface area contributed by atoms with Gasteiger partial charge >= 0.3 is 0 Å². The lowest BCUT2D eigenvalue weighted by Crippen LogP contribution is -2.36. The second kappa shape index (κ2) is 5.64. The van der Waals surface area contributed by atoms with E-state index in [0.717, 1.165) is 17.4 Å². The molecule has 1 aromatic rings. The van der Waals surface area contributed by atoms with E-state index >= 15 is 0 Å². The van der Waals surface area contributed by atoms with Gasteiger partial charge in [0.05, 0.1) is 5.60 Å². The lowest BCUT2D eigenvalue weighted by Gasteiger charge is -2.21. The maximum atomic E-state index is 9.78. The second-order valence-electron chi connectivity index (χ2n) is 4.08. The van der Waals surface area contributed by atoms with Crippen LogP contribution in [0.4, 0.5) is 0 Å². The summed E-state index contributed by atoms with van der Waals surface area (Å²) in [5, 5.41) is 13.0. The lowest BCUT2D eigenvalue weighted by molar-refractivity contribution is 0.0555. The van der Waals surface area contributed by atoms with Crippen LogP contribution in [0.15, 0.2) is 28.7 Å². The largest absolute Gasteiger partial charge is 0.389 e. The molecule has 0 saturated carbocycles. The van der Waals surface area contributed by atoms with Gasteiger partial charge in [-0.05, 0) is 31.0 Å². The molecule has 0 spiro atoms. The Bertz CT molecular complexity index is 295. The van der Waals surface area contributed by atoms with Gasteiger partial charge in [0.25, 0.3) is 0 Å². The van der Waals surface area contributed by atoms with Crippen molar-refractivity contribution in [3.8, 4) is 0 Å². The van der Waals surface area contributed by atoms with Crippen molar-refractivity contribution < 1.29 is 5.11 Å². The fraction of sp³-hybridized carbons (Fsp3) is 0.500. The molecule has 0 amide bonds. The minimum atomic E-state index is -0.602. The van der Waals surface area contributed by atoms with E-state index in [0.29, 0.717) is 6.54 Å². The first-order chi connectivity index (χ1) is 7.03. The summed E-state index contributed by atoms with van der Waals surface area (Å²) in [6.07, 6.45) is 0.764. The molecule has 1 unspecified atom stereocenters. The Balaban J connectivity index is 2.35. The summed E-state index contributed by atoms with van der Waals surface area (Å²) in [7, 11) is 0. The summed E-state index contributed by atoms with van der Waals surface area (Å²) in [4.78, 5) is 0. The molecule has 0 aliphatic rings. The minimum absolute atomic E-state index is 0.602. The summed E-state index contributed by atoms with van der Waals surface area (Å²) in [6.45, 7) is 5.26. The van der Waals surface area contributed by atoms with E-state index in [1.165, 1.54) is 5.56 Å². The normalized spacial score (nSPS) is 14.9. The first-order valence-electron chi connectivity index (χ1n) is 5.21. The number of hydrogen-bond acceptors (Lipinski definition) is 2. The molecule has 0 bridgehead atoms. The standard InChI is InChI=1S/C12H18BrNO/c1-3-12(2,15)9-14-8-10-4-6-11(13)7-5-10/h4-7,14-15H,3,8-9H2,1-2H3. The van der Waals surface area contributed by atoms with Crippen LogP contribution in [0.3, 0.4) is 0 Å². The van der Waals surface area contributed by atoms with Gasteiger partial charge in [0.2, 0.25) is 0 Å². The fourth-order valence-corrected chi connectivity index (χ4v) is 1.47. The topological polar surface area (TPSA) is 32.3 Å². The molecule has 2 nitrogen and oxygen atoms in total. The molecule has 0 heterocycles. The molecule has 3 heteroatoms. The Labute approximate surface area is 99.8 Å². The summed E-state index contributed by atoms with van der Waals surface area (Å²) < 4.78 is 1.09. The smallest absolute Gasteiger partial charge is 0.0741 e. The molecule has 1 atom stereocenters. The Hall–Kier alpha value is -0.380. The zero-order valence-electron chi connectivity index (χ0n) is 9.26. The maximum absolute atomic E-state index is 9.78. The molecule has 15 heavy (non-hydrogen) atoms. The molecular weight excluding hydrogens is 254 g/mol. The molecule has 1 aromatic carbocycles. The van der Waals surface area contributed by atoms with Crippen LogP contribution in [0.5, 0.6) is 0 Å². The second-order valence-corrected chi connectivity index (χ2v) is 5.00. The van der Waals surface area contributed by atoms with Crippen LogP contribution < -0.4 is 5.32 Å². The quantitative estimate of drug-likeness (QED) is 0.863. The van der Waals surface area contributed by atoms with Gasteiger partial charge < -0.3 is 10.4 Å². The van der Waals surface area contributed by atoms with E-state index in [-0.39, 0.29) is 0 Å². The number of nitrogens with one attached hydrogen (secondary N) is 1. The Morgan fingerprint density at radius 1 is 1.33 bits per heavy atom. The number of aliphatic hydroxyl groups is 1. The Kier molecular flexibility index (Phi) is 4.77. The molecule has 1 rings (SSSR count). The van der Waals surface area contributed by atoms with Crippen molar-refractivity contribution in [2.75, 3.05) is 6.54 Å². The van der Waals surface area contributed by atoms with Crippen LogP contribution in [0, 0.1) is 0 Å². The van der Waals surface area contributed by atoms with Crippen LogP contribution in [-0.4, -0.2) is 17.3 Å². The van der Waals surface area contributed by atoms with Crippen molar-refractivity contribution in [1.82, 2.24) is 5.32 Å². The van der Waals surface area contributed by atoms with Crippen molar-refractivity contribution in [1.29, 1.82) is 0 Å². The van der Waals surface area contributed by atoms with Crippen LogP contribution in [0.1, 0.15) is 25.8 Å². The van der Waals surface area contributed by atoms with Gasteiger partial charge in [-0.3, -0.25) is 0 Å². The van der Waals surface area contributed by atoms with Gasteiger partial charge in [-0.2, -0.15) is 0 Å². The summed E-state index contributed by atoms with van der Waals surface area (Å²) in [5.74, 6) is 0. The number of hydrogen-bond donors (Lipinski definition) is 2. The molecule has 2 N–H and O–H groups in total. The van der Waals surface area contributed by atoms with Crippen molar-refractivity contribution >= 4 is 15.9 Å². The highest BCUT2D eigenvalue weighted by atomic mass is 79.9. The van der Waals surface area contributed by atoms with Crippen LogP contribution in [-0.2, 0) is 6.54 Å². The highest BCUT2D eigenvalue weighted by Crippen LogP contribution is 2.11. The third-order valence-electron chi connectivity index (χ3n) is 2.51. The SMILES string of the molecule is CCC(C)(O)CNCc1ccc(Br)cc1. The zero-order chi connectivity index (χ0) is 11.3. The van der Waals surface area contributed by atoms with E-state index in [1.807, 2.05) is 26.0 Å². The van der Waals surface area contributed by atoms with E-state index in [9.17, 15) is 5.11 Å². The fourth-order valence-electron chi connectivity index (χ4n) is 1.20. The summed E-state index contributed by atoms with van der Waals surface area (Å²) in [5.41, 5.74) is 0.625. The Morgan fingerprint density at radius 3 is 2.47 bits per heavy atom. The molecular formula is C12H18BrNO. The van der Waals surface area contributed by atoms with Crippen LogP contribution >= 0.6 is 15.9 Å². The number of benzene rings is 1. The van der Waals surface area contributed by atoms with Gasteiger partial charge in [-0.25, -0.2) is 0 Å². The van der Waals surface area contributed by atoms with E-state index in [2.05, 4.69) is 33.4 Å². The van der Waals surface area contributed by atoms with Gasteiger partial charge in [0.15, 0.2) is 0 Å². The predicted molar refractivity (Wildman–Crippen MR) is 66.8 cm³/mol. The monoisotopic (exact) mass is 271 g/mol. The van der Waals surface area contributed by atoms with Gasteiger partial charge in [0, 0.05) is 17.6 Å². The predicted octanol–water partition coefficient (Wildman–Crippen LogP) is 2.70. The highest BCUT2D eigenvalue weighted by Gasteiger charge is 2.15. The third-order valence-corrected chi connectivity index (χ3v) is 3.04. The maximum Gasteiger partial charge on any atom is 0.0741 e. The number of halogens is 1. The van der Waals surface area contributed by atoms with Crippen LogP contribution in [0.2, 0.25) is 0 Å². The van der Waals surface area contributed by atoms with Crippen LogP contribution in [0.25, 0.3) is 0 Å². The van der Waals surface area contributed by atoms with E-state index in [1.54, 1.807) is 0 Å². The zero-order valence-corrected chi connectivity index (χ0v) is 10.8. The summed E-state index contributed by atoms with van der Waals surface area (Å²) >= 11 is 3.40. The van der Waals surface area contributed by atoms with Gasteiger partial charge in [0.1, 0.15) is 0 Å². The molecule has 0 aliphatic heterocycles. The average Bonchev–Trinajstić information content (AvgIpc) is 2.21. The number of rotatable bonds is 5. The van der Waals surface area contributed by atoms with Crippen molar-refractivity contribution in [3.63, 3.8) is 0 Å². The molecule has 0 fully saturated rings. The minimum Gasteiger partial charge on any atom is -0.389 e. The van der Waals surface area contributed by atoms with Crippen molar-refractivity contribution in [2.45, 2.75) is 32.4 Å². The molecule has 84 valence electrons. The lowest BCUT2D eigenvalue weighted by atomic mass is 10.0. The first kappa shape index (κ1) is 12.7. The average molecular weight is 272 g/mol. The van der Waals surface area contributed by atoms with Crippen molar-refractivity contribution in [2.24, 2.45) is 0 Å². The summed E-state index contributed by atoms with van der Waals surface area (Å²) in [6, 6.07) is 8.18. The van der Waals surface area contributed by atoms with Crippen molar-refractivity contribution in [3.05, 3.63) is 34.3 Å². The third kappa shape index (κ3) is 4.78. The highest BCUT2D eigenvalue weighted by molar-refractivity contribution is 9.10. The molecule has 0 aromatic heterocycles. The molecule has 0 aliphatic carbocycles. The van der Waals surface area contributed by atoms with E-state index < -0.39 is 5.60 Å². The molecule has 0 saturated heterocycles.